The number of fused-ring (bicyclic) bond motifs is 3. The monoisotopic (exact) mass is 304 g/mol. The van der Waals surface area contributed by atoms with Crippen molar-refractivity contribution >= 4 is 33.3 Å². The van der Waals surface area contributed by atoms with E-state index < -0.39 is 5.97 Å². The van der Waals surface area contributed by atoms with Crippen LogP contribution in [0.25, 0.3) is 10.2 Å². The van der Waals surface area contributed by atoms with Gasteiger partial charge in [0.15, 0.2) is 0 Å². The Morgan fingerprint density at radius 2 is 2.38 bits per heavy atom. The first-order valence-electron chi connectivity index (χ1n) is 7.34. The minimum Gasteiger partial charge on any atom is -0.550 e. The van der Waals surface area contributed by atoms with Crippen LogP contribution in [0.15, 0.2) is 6.33 Å². The van der Waals surface area contributed by atoms with E-state index in [4.69, 9.17) is 0 Å². The minimum atomic E-state index is -1.01. The zero-order valence-electron chi connectivity index (χ0n) is 12.0. The number of carbonyl (C=O) groups excluding carboxylic acids is 1. The van der Waals surface area contributed by atoms with Crippen molar-refractivity contribution in [3.63, 3.8) is 0 Å². The first-order valence-corrected chi connectivity index (χ1v) is 8.15. The maximum Gasteiger partial charge on any atom is 0.138 e. The SMILES string of the molecule is C[C@@H]1CCc2c(sc3ncnc(NCCCC(=O)[O-])c23)C1. The molecular formula is C15H18N3O2S-. The third-order valence-electron chi connectivity index (χ3n) is 3.94. The van der Waals surface area contributed by atoms with E-state index in [2.05, 4.69) is 22.2 Å². The van der Waals surface area contributed by atoms with E-state index in [1.54, 1.807) is 17.7 Å². The summed E-state index contributed by atoms with van der Waals surface area (Å²) < 4.78 is 0. The number of carbonyl (C=O) groups is 1. The van der Waals surface area contributed by atoms with Gasteiger partial charge in [0.2, 0.25) is 0 Å². The normalized spacial score (nSPS) is 17.7. The fraction of sp³-hybridized carbons (Fsp3) is 0.533. The van der Waals surface area contributed by atoms with Gasteiger partial charge in [-0.15, -0.1) is 11.3 Å². The van der Waals surface area contributed by atoms with Crippen molar-refractivity contribution < 1.29 is 9.90 Å². The highest BCUT2D eigenvalue weighted by atomic mass is 32.1. The Morgan fingerprint density at radius 1 is 1.52 bits per heavy atom. The third kappa shape index (κ3) is 3.00. The summed E-state index contributed by atoms with van der Waals surface area (Å²) >= 11 is 1.77. The van der Waals surface area contributed by atoms with Gasteiger partial charge in [-0.1, -0.05) is 6.92 Å². The molecule has 1 N–H and O–H groups in total. The molecule has 1 aliphatic carbocycles. The number of aromatic nitrogens is 2. The molecule has 1 aliphatic rings. The molecule has 3 rings (SSSR count). The molecule has 0 aliphatic heterocycles. The largest absolute Gasteiger partial charge is 0.550 e. The number of aryl methyl sites for hydroxylation is 1. The molecular weight excluding hydrogens is 286 g/mol. The van der Waals surface area contributed by atoms with Gasteiger partial charge in [0.05, 0.1) is 5.39 Å². The van der Waals surface area contributed by atoms with Gasteiger partial charge < -0.3 is 15.2 Å². The summed E-state index contributed by atoms with van der Waals surface area (Å²) in [5, 5.41) is 14.8. The Balaban J connectivity index is 1.84. The van der Waals surface area contributed by atoms with Crippen LogP contribution in [0.2, 0.25) is 0 Å². The fourth-order valence-electron chi connectivity index (χ4n) is 2.85. The number of rotatable bonds is 5. The van der Waals surface area contributed by atoms with E-state index in [1.165, 1.54) is 16.9 Å². The summed E-state index contributed by atoms with van der Waals surface area (Å²) in [7, 11) is 0. The second kappa shape index (κ2) is 5.97. The average molecular weight is 304 g/mol. The molecule has 0 fully saturated rings. The Labute approximate surface area is 127 Å². The number of carboxylic acid groups (broad SMARTS) is 1. The molecule has 2 aromatic rings. The van der Waals surface area contributed by atoms with Crippen molar-refractivity contribution in [3.8, 4) is 0 Å². The van der Waals surface area contributed by atoms with Gasteiger partial charge in [0.25, 0.3) is 0 Å². The molecule has 0 saturated heterocycles. The van der Waals surface area contributed by atoms with Crippen molar-refractivity contribution in [1.29, 1.82) is 0 Å². The van der Waals surface area contributed by atoms with E-state index >= 15 is 0 Å². The van der Waals surface area contributed by atoms with Gasteiger partial charge in [-0.3, -0.25) is 0 Å². The summed E-state index contributed by atoms with van der Waals surface area (Å²) in [6, 6.07) is 0. The van der Waals surface area contributed by atoms with Gasteiger partial charge in [-0.25, -0.2) is 9.97 Å². The first kappa shape index (κ1) is 14.3. The molecule has 21 heavy (non-hydrogen) atoms. The van der Waals surface area contributed by atoms with E-state index in [1.807, 2.05) is 0 Å². The lowest BCUT2D eigenvalue weighted by molar-refractivity contribution is -0.305. The summed E-state index contributed by atoms with van der Waals surface area (Å²) in [6.07, 6.45) is 5.60. The molecule has 0 saturated carbocycles. The van der Waals surface area contributed by atoms with Crippen LogP contribution in [0.4, 0.5) is 5.82 Å². The predicted molar refractivity (Wildman–Crippen MR) is 81.3 cm³/mol. The smallest absolute Gasteiger partial charge is 0.138 e. The molecule has 0 amide bonds. The topological polar surface area (TPSA) is 77.9 Å². The lowest BCUT2D eigenvalue weighted by Crippen LogP contribution is -2.22. The van der Waals surface area contributed by atoms with Crippen LogP contribution < -0.4 is 10.4 Å². The van der Waals surface area contributed by atoms with Crippen LogP contribution >= 0.6 is 11.3 Å². The summed E-state index contributed by atoms with van der Waals surface area (Å²) in [5.74, 6) is 0.565. The van der Waals surface area contributed by atoms with Crippen LogP contribution in [0.5, 0.6) is 0 Å². The zero-order valence-corrected chi connectivity index (χ0v) is 12.8. The van der Waals surface area contributed by atoms with E-state index in [9.17, 15) is 9.90 Å². The second-order valence-corrected chi connectivity index (χ2v) is 6.74. The summed E-state index contributed by atoms with van der Waals surface area (Å²) in [6.45, 7) is 2.87. The molecule has 0 aromatic carbocycles. The number of anilines is 1. The van der Waals surface area contributed by atoms with Crippen LogP contribution in [-0.2, 0) is 17.6 Å². The van der Waals surface area contributed by atoms with Gasteiger partial charge in [-0.05, 0) is 43.6 Å². The van der Waals surface area contributed by atoms with Crippen molar-refractivity contribution in [2.45, 2.75) is 39.0 Å². The molecule has 0 spiro atoms. The minimum absolute atomic E-state index is 0.0699. The van der Waals surface area contributed by atoms with Gasteiger partial charge in [0.1, 0.15) is 17.0 Å². The van der Waals surface area contributed by atoms with Gasteiger partial charge >= 0.3 is 0 Å². The van der Waals surface area contributed by atoms with E-state index in [0.29, 0.717) is 13.0 Å². The maximum absolute atomic E-state index is 10.4. The number of carboxylic acids is 1. The Morgan fingerprint density at radius 3 is 3.19 bits per heavy atom. The Hall–Kier alpha value is -1.69. The second-order valence-electron chi connectivity index (χ2n) is 5.66. The van der Waals surface area contributed by atoms with E-state index in [0.717, 1.165) is 34.8 Å². The molecule has 2 heterocycles. The lowest BCUT2D eigenvalue weighted by atomic mass is 9.89. The molecule has 112 valence electrons. The van der Waals surface area contributed by atoms with Gasteiger partial charge in [-0.2, -0.15) is 0 Å². The third-order valence-corrected chi connectivity index (χ3v) is 5.10. The van der Waals surface area contributed by atoms with Crippen LogP contribution in [0.1, 0.15) is 36.6 Å². The molecule has 6 heteroatoms. The molecule has 2 aromatic heterocycles. The number of nitrogens with one attached hydrogen (secondary N) is 1. The number of hydrogen-bond donors (Lipinski definition) is 1. The van der Waals surface area contributed by atoms with Crippen molar-refractivity contribution in [2.24, 2.45) is 5.92 Å². The highest BCUT2D eigenvalue weighted by molar-refractivity contribution is 7.19. The molecule has 5 nitrogen and oxygen atoms in total. The van der Waals surface area contributed by atoms with Crippen LogP contribution in [0.3, 0.4) is 0 Å². The Bertz CT molecular complexity index is 668. The van der Waals surface area contributed by atoms with Crippen LogP contribution in [-0.4, -0.2) is 22.5 Å². The van der Waals surface area contributed by atoms with Crippen molar-refractivity contribution in [2.75, 3.05) is 11.9 Å². The molecule has 1 atom stereocenters. The predicted octanol–water partition coefficient (Wildman–Crippen LogP) is 1.76. The standard InChI is InChI=1S/C15H19N3O2S/c1-9-4-5-10-11(7-9)21-15-13(10)14(17-8-18-15)16-6-2-3-12(19)20/h8-9H,2-7H2,1H3,(H,19,20)(H,16,17,18)/p-1/t9-/m1/s1. The molecule has 0 bridgehead atoms. The fourth-order valence-corrected chi connectivity index (χ4v) is 4.20. The van der Waals surface area contributed by atoms with Crippen molar-refractivity contribution in [1.82, 2.24) is 9.97 Å². The maximum atomic E-state index is 10.4. The average Bonchev–Trinajstić information content (AvgIpc) is 2.81. The summed E-state index contributed by atoms with van der Waals surface area (Å²) in [4.78, 5) is 21.6. The lowest BCUT2D eigenvalue weighted by Gasteiger charge is -2.18. The summed E-state index contributed by atoms with van der Waals surface area (Å²) in [5.41, 5.74) is 1.39. The number of nitrogens with zero attached hydrogens (tertiary/aromatic N) is 2. The number of hydrogen-bond acceptors (Lipinski definition) is 6. The number of thiophene rings is 1. The highest BCUT2D eigenvalue weighted by Crippen LogP contribution is 2.39. The van der Waals surface area contributed by atoms with Gasteiger partial charge in [0, 0.05) is 17.4 Å². The highest BCUT2D eigenvalue weighted by Gasteiger charge is 2.22. The van der Waals surface area contributed by atoms with E-state index in [-0.39, 0.29) is 6.42 Å². The Kier molecular flexibility index (Phi) is 4.05. The van der Waals surface area contributed by atoms with Crippen LogP contribution in [0, 0.1) is 5.92 Å². The quantitative estimate of drug-likeness (QED) is 0.852. The van der Waals surface area contributed by atoms with Crippen molar-refractivity contribution in [3.05, 3.63) is 16.8 Å². The first-order chi connectivity index (χ1) is 10.1. The number of aliphatic carboxylic acids is 1. The molecule has 0 radical (unpaired) electrons. The molecule has 0 unspecified atom stereocenters. The zero-order chi connectivity index (χ0) is 14.8.